The van der Waals surface area contributed by atoms with Gasteiger partial charge in [-0.05, 0) is 57.9 Å². The smallest absolute Gasteiger partial charge is 0.253 e. The van der Waals surface area contributed by atoms with Crippen molar-refractivity contribution in [2.75, 3.05) is 13.7 Å². The summed E-state index contributed by atoms with van der Waals surface area (Å²) >= 11 is 0. The van der Waals surface area contributed by atoms with Crippen molar-refractivity contribution < 1.29 is 14.3 Å². The first-order valence-corrected chi connectivity index (χ1v) is 8.92. The van der Waals surface area contributed by atoms with Crippen molar-refractivity contribution in [1.29, 1.82) is 0 Å². The molecule has 0 radical (unpaired) electrons. The molecule has 140 valence electrons. The van der Waals surface area contributed by atoms with E-state index in [4.69, 9.17) is 9.47 Å². The van der Waals surface area contributed by atoms with E-state index in [0.717, 1.165) is 29.5 Å². The Labute approximate surface area is 153 Å². The van der Waals surface area contributed by atoms with Crippen LogP contribution in [0.25, 0.3) is 10.9 Å². The average molecular weight is 358 g/mol. The van der Waals surface area contributed by atoms with Crippen molar-refractivity contribution in [1.82, 2.24) is 9.88 Å². The number of carbonyl (C=O) groups excluding carboxylic acids is 1. The summed E-state index contributed by atoms with van der Waals surface area (Å²) in [7, 11) is 1.61. The lowest BCUT2D eigenvalue weighted by Gasteiger charge is -2.37. The van der Waals surface area contributed by atoms with Crippen LogP contribution in [0.4, 0.5) is 0 Å². The SMILES string of the molecule is COc1ccc2[nH]c(=O)c(CN(C(=O)[C@@H]3CCCO3)C(C)(C)C)cc2c1. The minimum atomic E-state index is -0.418. The Morgan fingerprint density at radius 1 is 1.35 bits per heavy atom. The number of carbonyl (C=O) groups is 1. The first kappa shape index (κ1) is 18.5. The number of methoxy groups -OCH3 is 1. The minimum Gasteiger partial charge on any atom is -0.497 e. The number of nitrogens with zero attached hydrogens (tertiary/aromatic N) is 1. The molecule has 0 spiro atoms. The zero-order chi connectivity index (χ0) is 18.9. The molecule has 26 heavy (non-hydrogen) atoms. The third kappa shape index (κ3) is 3.75. The van der Waals surface area contributed by atoms with Crippen LogP contribution in [0.5, 0.6) is 5.75 Å². The summed E-state index contributed by atoms with van der Waals surface area (Å²) in [5, 5.41) is 0.873. The van der Waals surface area contributed by atoms with E-state index in [1.807, 2.05) is 39.0 Å². The third-order valence-corrected chi connectivity index (χ3v) is 4.74. The number of rotatable bonds is 4. The molecule has 3 rings (SSSR count). The summed E-state index contributed by atoms with van der Waals surface area (Å²) in [6.07, 6.45) is 1.22. The van der Waals surface area contributed by atoms with E-state index in [0.29, 0.717) is 12.2 Å². The number of fused-ring (bicyclic) bond motifs is 1. The van der Waals surface area contributed by atoms with Gasteiger partial charge in [0, 0.05) is 28.6 Å². The van der Waals surface area contributed by atoms with Crippen molar-refractivity contribution in [3.63, 3.8) is 0 Å². The first-order chi connectivity index (χ1) is 12.3. The fourth-order valence-corrected chi connectivity index (χ4v) is 3.24. The Balaban J connectivity index is 1.96. The second kappa shape index (κ2) is 7.11. The Morgan fingerprint density at radius 2 is 2.12 bits per heavy atom. The summed E-state index contributed by atoms with van der Waals surface area (Å²) in [5.74, 6) is 0.666. The van der Waals surface area contributed by atoms with Crippen LogP contribution in [0, 0.1) is 0 Å². The van der Waals surface area contributed by atoms with E-state index >= 15 is 0 Å². The molecule has 1 amide bonds. The molecule has 6 nitrogen and oxygen atoms in total. The second-order valence-corrected chi connectivity index (χ2v) is 7.67. The zero-order valence-corrected chi connectivity index (χ0v) is 15.8. The van der Waals surface area contributed by atoms with E-state index in [1.54, 1.807) is 18.1 Å². The number of ether oxygens (including phenoxy) is 2. The standard InChI is InChI=1S/C20H26N2O4/c1-20(2,3)22(19(24)17-6-5-9-26-17)12-14-10-13-11-15(25-4)7-8-16(13)21-18(14)23/h7-8,10-11,17H,5-6,9,12H2,1-4H3,(H,21,23)/t17-/m0/s1. The highest BCUT2D eigenvalue weighted by atomic mass is 16.5. The molecule has 0 aliphatic carbocycles. The highest BCUT2D eigenvalue weighted by Gasteiger charge is 2.34. The number of aromatic nitrogens is 1. The van der Waals surface area contributed by atoms with Crippen molar-refractivity contribution in [2.24, 2.45) is 0 Å². The Hall–Kier alpha value is -2.34. The second-order valence-electron chi connectivity index (χ2n) is 7.67. The van der Waals surface area contributed by atoms with Crippen LogP contribution < -0.4 is 10.3 Å². The Morgan fingerprint density at radius 3 is 2.73 bits per heavy atom. The van der Waals surface area contributed by atoms with Crippen LogP contribution in [-0.4, -0.2) is 41.2 Å². The molecule has 0 bridgehead atoms. The van der Waals surface area contributed by atoms with Gasteiger partial charge in [0.1, 0.15) is 11.9 Å². The van der Waals surface area contributed by atoms with Gasteiger partial charge >= 0.3 is 0 Å². The highest BCUT2D eigenvalue weighted by Crippen LogP contribution is 2.24. The van der Waals surface area contributed by atoms with E-state index in [9.17, 15) is 9.59 Å². The molecule has 0 unspecified atom stereocenters. The number of H-pyrrole nitrogens is 1. The molecule has 2 heterocycles. The predicted octanol–water partition coefficient (Wildman–Crippen LogP) is 2.84. The normalized spacial score (nSPS) is 17.5. The summed E-state index contributed by atoms with van der Waals surface area (Å²) in [4.78, 5) is 30.1. The number of hydrogen-bond donors (Lipinski definition) is 1. The van der Waals surface area contributed by atoms with Crippen molar-refractivity contribution in [3.8, 4) is 5.75 Å². The molecule has 1 aromatic carbocycles. The molecule has 6 heteroatoms. The fraction of sp³-hybridized carbons (Fsp3) is 0.500. The van der Waals surface area contributed by atoms with Gasteiger partial charge in [0.05, 0.1) is 13.7 Å². The molecule has 1 saturated heterocycles. The van der Waals surface area contributed by atoms with Crippen LogP contribution in [0.15, 0.2) is 29.1 Å². The number of pyridine rings is 1. The van der Waals surface area contributed by atoms with E-state index in [-0.39, 0.29) is 18.0 Å². The maximum Gasteiger partial charge on any atom is 0.253 e. The molecule has 1 aliphatic heterocycles. The lowest BCUT2D eigenvalue weighted by atomic mass is 10.0. The minimum absolute atomic E-state index is 0.0554. The highest BCUT2D eigenvalue weighted by molar-refractivity contribution is 5.83. The number of nitrogens with one attached hydrogen (secondary N) is 1. The van der Waals surface area contributed by atoms with Gasteiger partial charge in [-0.15, -0.1) is 0 Å². The van der Waals surface area contributed by atoms with Crippen LogP contribution in [0.1, 0.15) is 39.2 Å². The van der Waals surface area contributed by atoms with Crippen molar-refractivity contribution >= 4 is 16.8 Å². The number of benzene rings is 1. The molecule has 1 atom stereocenters. The molecular formula is C20H26N2O4. The lowest BCUT2D eigenvalue weighted by molar-refractivity contribution is -0.146. The molecule has 1 aliphatic rings. The largest absolute Gasteiger partial charge is 0.497 e. The van der Waals surface area contributed by atoms with Gasteiger partial charge in [-0.2, -0.15) is 0 Å². The maximum absolute atomic E-state index is 12.9. The van der Waals surface area contributed by atoms with Crippen LogP contribution >= 0.6 is 0 Å². The Bertz CT molecular complexity index is 860. The van der Waals surface area contributed by atoms with Crippen molar-refractivity contribution in [3.05, 3.63) is 40.2 Å². The molecular weight excluding hydrogens is 332 g/mol. The van der Waals surface area contributed by atoms with Gasteiger partial charge in [-0.3, -0.25) is 9.59 Å². The summed E-state index contributed by atoms with van der Waals surface area (Å²) in [5.41, 5.74) is 0.690. The molecule has 1 N–H and O–H groups in total. The molecule has 0 saturated carbocycles. The van der Waals surface area contributed by atoms with Crippen LogP contribution in [0.3, 0.4) is 0 Å². The summed E-state index contributed by atoms with van der Waals surface area (Å²) in [6, 6.07) is 7.33. The molecule has 2 aromatic rings. The van der Waals surface area contributed by atoms with Gasteiger partial charge < -0.3 is 19.4 Å². The number of amides is 1. The van der Waals surface area contributed by atoms with E-state index < -0.39 is 11.6 Å². The quantitative estimate of drug-likeness (QED) is 0.912. The maximum atomic E-state index is 12.9. The van der Waals surface area contributed by atoms with Gasteiger partial charge in [0.2, 0.25) is 0 Å². The topological polar surface area (TPSA) is 71.6 Å². The average Bonchev–Trinajstić information content (AvgIpc) is 3.12. The fourth-order valence-electron chi connectivity index (χ4n) is 3.24. The van der Waals surface area contributed by atoms with Gasteiger partial charge in [-0.1, -0.05) is 0 Å². The van der Waals surface area contributed by atoms with Gasteiger partial charge in [0.15, 0.2) is 0 Å². The predicted molar refractivity (Wildman–Crippen MR) is 100 cm³/mol. The molecule has 1 fully saturated rings. The van der Waals surface area contributed by atoms with Crippen LogP contribution in [0.2, 0.25) is 0 Å². The molecule has 1 aromatic heterocycles. The van der Waals surface area contributed by atoms with Crippen LogP contribution in [-0.2, 0) is 16.1 Å². The number of aromatic amines is 1. The Kier molecular flexibility index (Phi) is 5.05. The zero-order valence-electron chi connectivity index (χ0n) is 15.8. The van der Waals surface area contributed by atoms with E-state index in [2.05, 4.69) is 4.98 Å². The monoisotopic (exact) mass is 358 g/mol. The third-order valence-electron chi connectivity index (χ3n) is 4.74. The number of hydrogen-bond acceptors (Lipinski definition) is 4. The van der Waals surface area contributed by atoms with Gasteiger partial charge in [0.25, 0.3) is 11.5 Å². The lowest BCUT2D eigenvalue weighted by Crippen LogP contribution is -2.49. The summed E-state index contributed by atoms with van der Waals surface area (Å²) < 4.78 is 10.8. The first-order valence-electron chi connectivity index (χ1n) is 8.92. The summed E-state index contributed by atoms with van der Waals surface area (Å²) in [6.45, 7) is 6.77. The van der Waals surface area contributed by atoms with Gasteiger partial charge in [-0.25, -0.2) is 0 Å². The van der Waals surface area contributed by atoms with Crippen molar-refractivity contribution in [2.45, 2.75) is 51.8 Å². The van der Waals surface area contributed by atoms with E-state index in [1.165, 1.54) is 0 Å².